The fourth-order valence-electron chi connectivity index (χ4n) is 5.11. The van der Waals surface area contributed by atoms with E-state index in [-0.39, 0.29) is 24.1 Å². The zero-order chi connectivity index (χ0) is 25.5. The van der Waals surface area contributed by atoms with Gasteiger partial charge in [0.05, 0.1) is 11.1 Å². The fourth-order valence-corrected chi connectivity index (χ4v) is 5.31. The van der Waals surface area contributed by atoms with Crippen molar-refractivity contribution >= 4 is 23.5 Å². The number of ether oxygens (including phenoxy) is 3. The van der Waals surface area contributed by atoms with E-state index in [1.54, 1.807) is 24.3 Å². The third kappa shape index (κ3) is 4.78. The number of phenols is 1. The second-order valence-corrected chi connectivity index (χ2v) is 10.1. The minimum atomic E-state index is -0.178. The zero-order valence-electron chi connectivity index (χ0n) is 20.5. The van der Waals surface area contributed by atoms with Crippen LogP contribution < -0.4 is 14.2 Å². The van der Waals surface area contributed by atoms with Crippen LogP contribution in [-0.4, -0.2) is 53.7 Å². The van der Waals surface area contributed by atoms with E-state index in [4.69, 9.17) is 25.8 Å². The Hall–Kier alpha value is -3.52. The fraction of sp³-hybridized carbons (Fsp3) is 0.276. The van der Waals surface area contributed by atoms with Gasteiger partial charge in [-0.15, -0.1) is 0 Å². The highest BCUT2D eigenvalue weighted by atomic mass is 35.5. The number of hydrogen-bond donors (Lipinski definition) is 1. The standard InChI is InChI=1S/C29H27ClN2O5/c1-18-11-23(33)22(29-27(18)28(34)26(37-29)13-19-3-2-4-21(30)12-19)16-32-9-7-31(8-10-32)15-20-5-6-24-25(14-20)36-17-35-24/h2-6,11-14,33H,7-10,15-17H2,1H3/b26-13-. The number of Topliss-reactive ketones (excluding diaryl/α,β-unsaturated/α-hetero) is 1. The molecule has 0 saturated carbocycles. The van der Waals surface area contributed by atoms with Gasteiger partial charge in [-0.05, 0) is 60.0 Å². The Balaban J connectivity index is 1.15. The van der Waals surface area contributed by atoms with E-state index in [9.17, 15) is 9.90 Å². The lowest BCUT2D eigenvalue weighted by atomic mass is 9.99. The van der Waals surface area contributed by atoms with E-state index < -0.39 is 0 Å². The Morgan fingerprint density at radius 3 is 2.51 bits per heavy atom. The maximum absolute atomic E-state index is 13.2. The Kier molecular flexibility index (Phi) is 6.28. The van der Waals surface area contributed by atoms with Crippen molar-refractivity contribution in [2.45, 2.75) is 20.0 Å². The van der Waals surface area contributed by atoms with Gasteiger partial charge in [-0.2, -0.15) is 0 Å². The van der Waals surface area contributed by atoms with Crippen LogP contribution in [0.15, 0.2) is 54.3 Å². The van der Waals surface area contributed by atoms with Crippen LogP contribution in [0.25, 0.3) is 6.08 Å². The molecule has 6 rings (SSSR count). The molecule has 3 aliphatic heterocycles. The first-order chi connectivity index (χ1) is 17.9. The lowest BCUT2D eigenvalue weighted by Gasteiger charge is -2.35. The van der Waals surface area contributed by atoms with Crippen molar-refractivity contribution in [3.63, 3.8) is 0 Å². The molecule has 7 nitrogen and oxygen atoms in total. The van der Waals surface area contributed by atoms with Crippen molar-refractivity contribution in [2.75, 3.05) is 33.0 Å². The number of fused-ring (bicyclic) bond motifs is 2. The summed E-state index contributed by atoms with van der Waals surface area (Å²) in [6.07, 6.45) is 1.70. The molecule has 3 heterocycles. The molecule has 1 saturated heterocycles. The number of carbonyl (C=O) groups excluding carboxylic acids is 1. The molecule has 0 aromatic heterocycles. The molecule has 1 N–H and O–H groups in total. The SMILES string of the molecule is Cc1cc(O)c(CN2CCN(Cc3ccc4c(c3)OCO4)CC2)c2c1C(=O)/C(=C/c1cccc(Cl)c1)O2. The number of piperazine rings is 1. The maximum Gasteiger partial charge on any atom is 0.232 e. The number of carbonyl (C=O) groups is 1. The zero-order valence-corrected chi connectivity index (χ0v) is 21.3. The molecule has 1 fully saturated rings. The van der Waals surface area contributed by atoms with E-state index in [1.165, 1.54) is 5.56 Å². The predicted octanol–water partition coefficient (Wildman–Crippen LogP) is 5.02. The number of halogens is 1. The first-order valence-corrected chi connectivity index (χ1v) is 12.7. The van der Waals surface area contributed by atoms with Gasteiger partial charge in [-0.1, -0.05) is 29.8 Å². The first kappa shape index (κ1) is 23.9. The third-order valence-corrected chi connectivity index (χ3v) is 7.29. The number of rotatable bonds is 5. The highest BCUT2D eigenvalue weighted by molar-refractivity contribution is 6.30. The Bertz CT molecular complexity index is 1410. The molecule has 0 aliphatic carbocycles. The Labute approximate surface area is 220 Å². The molecule has 0 atom stereocenters. The van der Waals surface area contributed by atoms with Crippen LogP contribution in [-0.2, 0) is 13.1 Å². The van der Waals surface area contributed by atoms with Gasteiger partial charge in [0, 0.05) is 44.3 Å². The van der Waals surface area contributed by atoms with Crippen LogP contribution in [0.3, 0.4) is 0 Å². The quantitative estimate of drug-likeness (QED) is 0.476. The van der Waals surface area contributed by atoms with Crippen LogP contribution in [0.5, 0.6) is 23.0 Å². The van der Waals surface area contributed by atoms with Crippen LogP contribution >= 0.6 is 11.6 Å². The third-order valence-electron chi connectivity index (χ3n) is 7.06. The van der Waals surface area contributed by atoms with Crippen LogP contribution in [0.1, 0.15) is 32.6 Å². The van der Waals surface area contributed by atoms with Gasteiger partial charge < -0.3 is 19.3 Å². The molecule has 0 unspecified atom stereocenters. The topological polar surface area (TPSA) is 71.5 Å². The van der Waals surface area contributed by atoms with E-state index in [2.05, 4.69) is 15.9 Å². The monoisotopic (exact) mass is 518 g/mol. The van der Waals surface area contributed by atoms with Crippen LogP contribution in [0, 0.1) is 6.92 Å². The normalized spacial score (nSPS) is 18.3. The molecule has 3 aliphatic rings. The molecule has 190 valence electrons. The molecule has 0 amide bonds. The second-order valence-electron chi connectivity index (χ2n) is 9.63. The summed E-state index contributed by atoms with van der Waals surface area (Å²) >= 11 is 6.11. The second kappa shape index (κ2) is 9.74. The van der Waals surface area contributed by atoms with Gasteiger partial charge in [-0.25, -0.2) is 0 Å². The minimum absolute atomic E-state index is 0.149. The molecular formula is C29H27ClN2O5. The van der Waals surface area contributed by atoms with Crippen LogP contribution in [0.2, 0.25) is 5.02 Å². The molecule has 0 spiro atoms. The summed E-state index contributed by atoms with van der Waals surface area (Å²) in [5.41, 5.74) is 3.84. The van der Waals surface area contributed by atoms with E-state index >= 15 is 0 Å². The van der Waals surface area contributed by atoms with Crippen molar-refractivity contribution in [3.8, 4) is 23.0 Å². The number of aryl methyl sites for hydroxylation is 1. The molecule has 0 bridgehead atoms. The maximum atomic E-state index is 13.2. The van der Waals surface area contributed by atoms with Gasteiger partial charge in [0.15, 0.2) is 17.3 Å². The minimum Gasteiger partial charge on any atom is -0.507 e. The molecule has 0 radical (unpaired) electrons. The number of aromatic hydroxyl groups is 1. The summed E-state index contributed by atoms with van der Waals surface area (Å²) in [6, 6.07) is 15.0. The molecule has 37 heavy (non-hydrogen) atoms. The van der Waals surface area contributed by atoms with E-state index in [0.29, 0.717) is 34.0 Å². The summed E-state index contributed by atoms with van der Waals surface area (Å²) in [5, 5.41) is 11.4. The van der Waals surface area contributed by atoms with Crippen molar-refractivity contribution in [2.24, 2.45) is 0 Å². The van der Waals surface area contributed by atoms with Gasteiger partial charge in [-0.3, -0.25) is 14.6 Å². The number of benzene rings is 3. The number of hydrogen-bond acceptors (Lipinski definition) is 7. The highest BCUT2D eigenvalue weighted by Crippen LogP contribution is 2.42. The Morgan fingerprint density at radius 2 is 1.73 bits per heavy atom. The molecule has 3 aromatic carbocycles. The smallest absolute Gasteiger partial charge is 0.232 e. The van der Waals surface area contributed by atoms with Gasteiger partial charge in [0.2, 0.25) is 12.6 Å². The average Bonchev–Trinajstić information content (AvgIpc) is 3.47. The molecular weight excluding hydrogens is 492 g/mol. The highest BCUT2D eigenvalue weighted by Gasteiger charge is 2.34. The first-order valence-electron chi connectivity index (χ1n) is 12.3. The summed E-state index contributed by atoms with van der Waals surface area (Å²) in [4.78, 5) is 17.9. The van der Waals surface area contributed by atoms with E-state index in [0.717, 1.165) is 49.8 Å². The largest absolute Gasteiger partial charge is 0.507 e. The lowest BCUT2D eigenvalue weighted by Crippen LogP contribution is -2.45. The van der Waals surface area contributed by atoms with Crippen LogP contribution in [0.4, 0.5) is 0 Å². The van der Waals surface area contributed by atoms with Crippen molar-refractivity contribution in [1.82, 2.24) is 9.80 Å². The summed E-state index contributed by atoms with van der Waals surface area (Å²) in [5.74, 6) is 2.26. The van der Waals surface area contributed by atoms with Crippen molar-refractivity contribution in [3.05, 3.63) is 87.1 Å². The number of nitrogens with zero attached hydrogens (tertiary/aromatic N) is 2. The summed E-state index contributed by atoms with van der Waals surface area (Å²) in [6.45, 7) is 6.90. The van der Waals surface area contributed by atoms with Crippen molar-refractivity contribution in [1.29, 1.82) is 0 Å². The predicted molar refractivity (Wildman–Crippen MR) is 140 cm³/mol. The van der Waals surface area contributed by atoms with E-state index in [1.807, 2.05) is 31.2 Å². The number of allylic oxidation sites excluding steroid dienone is 1. The number of ketones is 1. The van der Waals surface area contributed by atoms with Gasteiger partial charge >= 0.3 is 0 Å². The molecule has 3 aromatic rings. The van der Waals surface area contributed by atoms with Crippen molar-refractivity contribution < 1.29 is 24.1 Å². The average molecular weight is 519 g/mol. The lowest BCUT2D eigenvalue weighted by molar-refractivity contribution is 0.101. The van der Waals surface area contributed by atoms with Gasteiger partial charge in [0.1, 0.15) is 11.5 Å². The Morgan fingerprint density at radius 1 is 0.973 bits per heavy atom. The summed E-state index contributed by atoms with van der Waals surface area (Å²) < 4.78 is 17.0. The molecule has 8 heteroatoms. The summed E-state index contributed by atoms with van der Waals surface area (Å²) in [7, 11) is 0. The van der Waals surface area contributed by atoms with Gasteiger partial charge in [0.25, 0.3) is 0 Å². The number of phenolic OH excluding ortho intramolecular Hbond substituents is 1.